The number of hydrogen-bond acceptors (Lipinski definition) is 4. The van der Waals surface area contributed by atoms with Crippen LogP contribution in [0.5, 0.6) is 0 Å². The van der Waals surface area contributed by atoms with Gasteiger partial charge in [-0.15, -0.1) is 0 Å². The molecule has 0 radical (unpaired) electrons. The van der Waals surface area contributed by atoms with Crippen LogP contribution in [0.4, 0.5) is 5.82 Å². The monoisotopic (exact) mass is 260 g/mol. The van der Waals surface area contributed by atoms with E-state index in [1.165, 1.54) is 32.2 Å². The van der Waals surface area contributed by atoms with Crippen molar-refractivity contribution in [3.63, 3.8) is 0 Å². The Morgan fingerprint density at radius 3 is 2.63 bits per heavy atom. The molecule has 0 spiro atoms. The van der Waals surface area contributed by atoms with Gasteiger partial charge in [-0.1, -0.05) is 0 Å². The summed E-state index contributed by atoms with van der Waals surface area (Å²) < 4.78 is 0. The third-order valence-corrected chi connectivity index (χ3v) is 4.28. The molecule has 4 nitrogen and oxygen atoms in total. The van der Waals surface area contributed by atoms with Crippen molar-refractivity contribution in [3.8, 4) is 0 Å². The highest BCUT2D eigenvalue weighted by Gasteiger charge is 2.23. The molecule has 104 valence electrons. The Labute approximate surface area is 115 Å². The largest absolute Gasteiger partial charge is 0.357 e. The molecule has 0 aromatic carbocycles. The van der Waals surface area contributed by atoms with Crippen molar-refractivity contribution in [2.75, 3.05) is 38.1 Å². The van der Waals surface area contributed by atoms with E-state index in [-0.39, 0.29) is 0 Å². The van der Waals surface area contributed by atoms with Crippen LogP contribution in [-0.2, 0) is 0 Å². The molecule has 0 saturated carbocycles. The summed E-state index contributed by atoms with van der Waals surface area (Å²) in [5.41, 5.74) is 1.11. The maximum Gasteiger partial charge on any atom is 0.135 e. The third-order valence-electron chi connectivity index (χ3n) is 4.28. The lowest BCUT2D eigenvalue weighted by Gasteiger charge is -2.29. The second kappa shape index (κ2) is 5.45. The highest BCUT2D eigenvalue weighted by Crippen LogP contribution is 2.26. The summed E-state index contributed by atoms with van der Waals surface area (Å²) in [6.45, 7) is 6.71. The minimum atomic E-state index is 0.514. The van der Waals surface area contributed by atoms with Gasteiger partial charge in [0.05, 0.1) is 0 Å². The lowest BCUT2D eigenvalue weighted by Crippen LogP contribution is -2.32. The molecule has 1 atom stereocenters. The van der Waals surface area contributed by atoms with Crippen molar-refractivity contribution in [1.82, 2.24) is 14.9 Å². The van der Waals surface area contributed by atoms with Gasteiger partial charge in [0.1, 0.15) is 11.6 Å². The van der Waals surface area contributed by atoms with Crippen LogP contribution in [0.25, 0.3) is 0 Å². The number of nitrogens with zero attached hydrogens (tertiary/aromatic N) is 4. The van der Waals surface area contributed by atoms with Crippen molar-refractivity contribution in [2.24, 2.45) is 0 Å². The second-order valence-electron chi connectivity index (χ2n) is 6.02. The average molecular weight is 260 g/mol. The predicted octanol–water partition coefficient (Wildman–Crippen LogP) is 2.19. The lowest BCUT2D eigenvalue weighted by molar-refractivity contribution is 0.245. The first-order valence-electron chi connectivity index (χ1n) is 7.51. The van der Waals surface area contributed by atoms with Crippen molar-refractivity contribution < 1.29 is 0 Å². The standard InChI is InChI=1S/C15H24N4/c1-12-10-14(19-8-3-4-9-19)17-15(16-12)13-6-5-7-18(2)11-13/h10,13H,3-9,11H2,1-2H3/t13-/m0/s1. The van der Waals surface area contributed by atoms with Gasteiger partial charge in [-0.2, -0.15) is 0 Å². The zero-order valence-corrected chi connectivity index (χ0v) is 12.1. The Balaban J connectivity index is 1.84. The molecular weight excluding hydrogens is 236 g/mol. The molecule has 0 aliphatic carbocycles. The van der Waals surface area contributed by atoms with Crippen LogP contribution in [0, 0.1) is 6.92 Å². The second-order valence-corrected chi connectivity index (χ2v) is 6.02. The first-order chi connectivity index (χ1) is 9.22. The van der Waals surface area contributed by atoms with Crippen LogP contribution >= 0.6 is 0 Å². The number of aromatic nitrogens is 2. The molecule has 3 rings (SSSR count). The Hall–Kier alpha value is -1.16. The van der Waals surface area contributed by atoms with E-state index in [0.717, 1.165) is 37.0 Å². The molecule has 3 heterocycles. The maximum absolute atomic E-state index is 4.86. The van der Waals surface area contributed by atoms with Gasteiger partial charge in [0.15, 0.2) is 0 Å². The average Bonchev–Trinajstić information content (AvgIpc) is 2.92. The van der Waals surface area contributed by atoms with E-state index in [4.69, 9.17) is 9.97 Å². The molecule has 0 bridgehead atoms. The molecule has 2 fully saturated rings. The van der Waals surface area contributed by atoms with Gasteiger partial charge in [0.2, 0.25) is 0 Å². The summed E-state index contributed by atoms with van der Waals surface area (Å²) in [5, 5.41) is 0. The van der Waals surface area contributed by atoms with E-state index in [9.17, 15) is 0 Å². The van der Waals surface area contributed by atoms with Gasteiger partial charge >= 0.3 is 0 Å². The maximum atomic E-state index is 4.86. The Bertz CT molecular complexity index is 440. The van der Waals surface area contributed by atoms with E-state index < -0.39 is 0 Å². The fourth-order valence-corrected chi connectivity index (χ4v) is 3.24. The number of hydrogen-bond donors (Lipinski definition) is 0. The van der Waals surface area contributed by atoms with Crippen LogP contribution in [0.2, 0.25) is 0 Å². The van der Waals surface area contributed by atoms with Crippen LogP contribution in [-0.4, -0.2) is 48.1 Å². The van der Waals surface area contributed by atoms with Gasteiger partial charge in [-0.05, 0) is 46.2 Å². The first kappa shape index (κ1) is 12.9. The zero-order chi connectivity index (χ0) is 13.2. The summed E-state index contributed by atoms with van der Waals surface area (Å²) >= 11 is 0. The quantitative estimate of drug-likeness (QED) is 0.816. The van der Waals surface area contributed by atoms with Crippen LogP contribution < -0.4 is 4.90 Å². The van der Waals surface area contributed by atoms with Gasteiger partial charge in [-0.3, -0.25) is 0 Å². The highest BCUT2D eigenvalue weighted by molar-refractivity contribution is 5.41. The number of aryl methyl sites for hydroxylation is 1. The van der Waals surface area contributed by atoms with Crippen molar-refractivity contribution >= 4 is 5.82 Å². The number of likely N-dealkylation sites (N-methyl/N-ethyl adjacent to an activating group) is 1. The molecule has 2 aliphatic rings. The molecular formula is C15H24N4. The van der Waals surface area contributed by atoms with Gasteiger partial charge < -0.3 is 9.80 Å². The van der Waals surface area contributed by atoms with Crippen molar-refractivity contribution in [2.45, 2.75) is 38.5 Å². The van der Waals surface area contributed by atoms with Gasteiger partial charge in [-0.25, -0.2) is 9.97 Å². The number of anilines is 1. The highest BCUT2D eigenvalue weighted by atomic mass is 15.2. The molecule has 2 aliphatic heterocycles. The molecule has 2 saturated heterocycles. The summed E-state index contributed by atoms with van der Waals surface area (Å²) in [6.07, 6.45) is 5.08. The normalized spacial score (nSPS) is 24.9. The summed E-state index contributed by atoms with van der Waals surface area (Å²) in [4.78, 5) is 14.4. The third kappa shape index (κ3) is 2.89. The number of piperidine rings is 1. The van der Waals surface area contributed by atoms with Crippen LogP contribution in [0.1, 0.15) is 43.1 Å². The fraction of sp³-hybridized carbons (Fsp3) is 0.733. The molecule has 0 amide bonds. The van der Waals surface area contributed by atoms with E-state index in [1.54, 1.807) is 0 Å². The first-order valence-corrected chi connectivity index (χ1v) is 7.51. The number of likely N-dealkylation sites (tertiary alicyclic amines) is 1. The van der Waals surface area contributed by atoms with E-state index in [0.29, 0.717) is 5.92 Å². The van der Waals surface area contributed by atoms with Crippen molar-refractivity contribution in [3.05, 3.63) is 17.6 Å². The minimum absolute atomic E-state index is 0.514. The molecule has 1 aromatic heterocycles. The molecule has 0 N–H and O–H groups in total. The lowest BCUT2D eigenvalue weighted by atomic mass is 9.97. The van der Waals surface area contributed by atoms with E-state index >= 15 is 0 Å². The summed E-state index contributed by atoms with van der Waals surface area (Å²) in [7, 11) is 2.20. The van der Waals surface area contributed by atoms with Crippen molar-refractivity contribution in [1.29, 1.82) is 0 Å². The Morgan fingerprint density at radius 2 is 1.89 bits per heavy atom. The molecule has 4 heteroatoms. The summed E-state index contributed by atoms with van der Waals surface area (Å²) in [5.74, 6) is 2.72. The fourth-order valence-electron chi connectivity index (χ4n) is 3.24. The van der Waals surface area contributed by atoms with E-state index in [2.05, 4.69) is 29.8 Å². The minimum Gasteiger partial charge on any atom is -0.357 e. The molecule has 1 aromatic rings. The Kier molecular flexibility index (Phi) is 3.69. The SMILES string of the molecule is Cc1cc(N2CCCC2)nc([C@H]2CCCN(C)C2)n1. The van der Waals surface area contributed by atoms with Crippen LogP contribution in [0.3, 0.4) is 0 Å². The Morgan fingerprint density at radius 1 is 1.11 bits per heavy atom. The number of rotatable bonds is 2. The van der Waals surface area contributed by atoms with Crippen LogP contribution in [0.15, 0.2) is 6.07 Å². The smallest absolute Gasteiger partial charge is 0.135 e. The molecule has 0 unspecified atom stereocenters. The zero-order valence-electron chi connectivity index (χ0n) is 12.1. The summed E-state index contributed by atoms with van der Waals surface area (Å²) in [6, 6.07) is 2.14. The van der Waals surface area contributed by atoms with Gasteiger partial charge in [0.25, 0.3) is 0 Å². The van der Waals surface area contributed by atoms with E-state index in [1.807, 2.05) is 0 Å². The molecule has 19 heavy (non-hydrogen) atoms. The topological polar surface area (TPSA) is 32.3 Å². The predicted molar refractivity (Wildman–Crippen MR) is 77.7 cm³/mol. The van der Waals surface area contributed by atoms with Gasteiger partial charge in [0, 0.05) is 37.3 Å².